The quantitative estimate of drug-likeness (QED) is 0.481. The number of benzene rings is 2. The maximum Gasteiger partial charge on any atom is 0.311 e. The van der Waals surface area contributed by atoms with Gasteiger partial charge in [-0.15, -0.1) is 11.8 Å². The predicted molar refractivity (Wildman–Crippen MR) is 117 cm³/mol. The zero-order valence-electron chi connectivity index (χ0n) is 16.8. The van der Waals surface area contributed by atoms with Crippen molar-refractivity contribution >= 4 is 29.0 Å². The number of amides is 1. The van der Waals surface area contributed by atoms with Crippen LogP contribution >= 0.6 is 11.8 Å². The first-order valence-electron chi connectivity index (χ1n) is 9.63. The Morgan fingerprint density at radius 3 is 2.77 bits per heavy atom. The van der Waals surface area contributed by atoms with Crippen LogP contribution in [0, 0.1) is 10.1 Å². The fourth-order valence-electron chi connectivity index (χ4n) is 3.20. The maximum absolute atomic E-state index is 12.4. The van der Waals surface area contributed by atoms with Crippen molar-refractivity contribution in [2.75, 3.05) is 44.5 Å². The van der Waals surface area contributed by atoms with E-state index < -0.39 is 4.92 Å². The minimum absolute atomic E-state index is 0.0721. The van der Waals surface area contributed by atoms with E-state index in [1.54, 1.807) is 12.1 Å². The summed E-state index contributed by atoms with van der Waals surface area (Å²) >= 11 is 1.41. The van der Waals surface area contributed by atoms with Crippen LogP contribution in [0.15, 0.2) is 42.5 Å². The van der Waals surface area contributed by atoms with Crippen molar-refractivity contribution in [3.05, 3.63) is 63.7 Å². The van der Waals surface area contributed by atoms with Gasteiger partial charge in [0.2, 0.25) is 5.91 Å². The minimum Gasteiger partial charge on any atom is -0.490 e. The number of hydrogen-bond acceptors (Lipinski definition) is 7. The third kappa shape index (κ3) is 6.19. The van der Waals surface area contributed by atoms with Crippen molar-refractivity contribution in [3.63, 3.8) is 0 Å². The Hall–Kier alpha value is -2.62. The molecule has 1 amide bonds. The normalized spacial score (nSPS) is 14.3. The number of ether oxygens (including phenoxy) is 2. The molecule has 0 aromatic heterocycles. The molecule has 160 valence electrons. The zero-order chi connectivity index (χ0) is 21.3. The molecule has 1 saturated heterocycles. The van der Waals surface area contributed by atoms with E-state index in [4.69, 9.17) is 9.47 Å². The van der Waals surface area contributed by atoms with Crippen LogP contribution in [0.2, 0.25) is 0 Å². The smallest absolute Gasteiger partial charge is 0.311 e. The molecule has 0 saturated carbocycles. The first-order valence-corrected chi connectivity index (χ1v) is 10.8. The molecular formula is C21H25N3O5S. The molecule has 8 nitrogen and oxygen atoms in total. The Morgan fingerprint density at radius 2 is 2.03 bits per heavy atom. The molecule has 1 N–H and O–H groups in total. The number of nitro groups is 1. The SMILES string of the molecule is COc1ccc(CSCC(=O)Nc2ccccc2CN2CCOCC2)cc1[N+](=O)[O-]. The lowest BCUT2D eigenvalue weighted by Gasteiger charge is -2.27. The number of carbonyl (C=O) groups excluding carboxylic acids is 1. The molecule has 0 radical (unpaired) electrons. The number of hydrogen-bond donors (Lipinski definition) is 1. The molecule has 3 rings (SSSR count). The summed E-state index contributed by atoms with van der Waals surface area (Å²) in [4.78, 5) is 25.4. The van der Waals surface area contributed by atoms with E-state index in [0.29, 0.717) is 5.75 Å². The number of thioether (sulfide) groups is 1. The van der Waals surface area contributed by atoms with Gasteiger partial charge in [0.1, 0.15) is 0 Å². The molecule has 2 aromatic rings. The van der Waals surface area contributed by atoms with Gasteiger partial charge in [0.05, 0.1) is 31.0 Å². The van der Waals surface area contributed by atoms with Crippen LogP contribution in [-0.4, -0.2) is 54.9 Å². The highest BCUT2D eigenvalue weighted by atomic mass is 32.2. The monoisotopic (exact) mass is 431 g/mol. The van der Waals surface area contributed by atoms with Crippen molar-refractivity contribution in [2.24, 2.45) is 0 Å². The highest BCUT2D eigenvalue weighted by Gasteiger charge is 2.16. The van der Waals surface area contributed by atoms with E-state index in [-0.39, 0.29) is 23.1 Å². The molecule has 0 atom stereocenters. The zero-order valence-corrected chi connectivity index (χ0v) is 17.7. The Kier molecular flexibility index (Phi) is 8.06. The number of nitro benzene ring substituents is 1. The average molecular weight is 432 g/mol. The Morgan fingerprint density at radius 1 is 1.27 bits per heavy atom. The lowest BCUT2D eigenvalue weighted by Crippen LogP contribution is -2.35. The van der Waals surface area contributed by atoms with Gasteiger partial charge in [-0.05, 0) is 23.3 Å². The van der Waals surface area contributed by atoms with Gasteiger partial charge >= 0.3 is 5.69 Å². The molecule has 9 heteroatoms. The number of carbonyl (C=O) groups is 1. The lowest BCUT2D eigenvalue weighted by molar-refractivity contribution is -0.385. The Labute approximate surface area is 179 Å². The molecule has 1 aliphatic heterocycles. The van der Waals surface area contributed by atoms with Crippen molar-refractivity contribution < 1.29 is 19.2 Å². The van der Waals surface area contributed by atoms with Crippen molar-refractivity contribution in [1.82, 2.24) is 4.90 Å². The lowest BCUT2D eigenvalue weighted by atomic mass is 10.1. The second-order valence-corrected chi connectivity index (χ2v) is 7.84. The van der Waals surface area contributed by atoms with Crippen molar-refractivity contribution in [2.45, 2.75) is 12.3 Å². The molecule has 1 heterocycles. The van der Waals surface area contributed by atoms with Crippen LogP contribution in [0.4, 0.5) is 11.4 Å². The standard InChI is InChI=1S/C21H25N3O5S/c1-28-20-7-6-16(12-19(20)24(26)27)14-30-15-21(25)22-18-5-3-2-4-17(18)13-23-8-10-29-11-9-23/h2-7,12H,8-11,13-15H2,1H3,(H,22,25). The molecule has 0 spiro atoms. The van der Waals surface area contributed by atoms with Crippen LogP contribution in [0.25, 0.3) is 0 Å². The third-order valence-electron chi connectivity index (χ3n) is 4.73. The van der Waals surface area contributed by atoms with Gasteiger partial charge in [-0.25, -0.2) is 0 Å². The first kappa shape index (κ1) is 22.1. The summed E-state index contributed by atoms with van der Waals surface area (Å²) in [7, 11) is 1.40. The molecule has 0 aliphatic carbocycles. The van der Waals surface area contributed by atoms with Gasteiger partial charge in [0, 0.05) is 37.1 Å². The van der Waals surface area contributed by atoms with Gasteiger partial charge in [0.25, 0.3) is 0 Å². The van der Waals surface area contributed by atoms with Crippen molar-refractivity contribution in [1.29, 1.82) is 0 Å². The van der Waals surface area contributed by atoms with E-state index in [2.05, 4.69) is 10.2 Å². The van der Waals surface area contributed by atoms with Gasteiger partial charge in [-0.2, -0.15) is 0 Å². The second kappa shape index (κ2) is 11.0. The highest BCUT2D eigenvalue weighted by molar-refractivity contribution is 7.99. The molecule has 2 aromatic carbocycles. The van der Waals surface area contributed by atoms with E-state index in [9.17, 15) is 14.9 Å². The number of anilines is 1. The first-order chi connectivity index (χ1) is 14.6. The van der Waals surface area contributed by atoms with E-state index >= 15 is 0 Å². The summed E-state index contributed by atoms with van der Waals surface area (Å²) in [5.74, 6) is 0.875. The van der Waals surface area contributed by atoms with Gasteiger partial charge in [-0.3, -0.25) is 19.8 Å². The minimum atomic E-state index is -0.467. The molecule has 30 heavy (non-hydrogen) atoms. The summed E-state index contributed by atoms with van der Waals surface area (Å²) in [6.07, 6.45) is 0. The summed E-state index contributed by atoms with van der Waals surface area (Å²) in [6, 6.07) is 12.6. The number of morpholine rings is 1. The number of methoxy groups -OCH3 is 1. The van der Waals surface area contributed by atoms with Crippen LogP contribution in [-0.2, 0) is 21.8 Å². The van der Waals surface area contributed by atoms with Crippen LogP contribution in [0.1, 0.15) is 11.1 Å². The predicted octanol–water partition coefficient (Wildman–Crippen LogP) is 3.31. The fourth-order valence-corrected chi connectivity index (χ4v) is 3.97. The van der Waals surface area contributed by atoms with Gasteiger partial charge in [0.15, 0.2) is 5.75 Å². The van der Waals surface area contributed by atoms with Crippen molar-refractivity contribution in [3.8, 4) is 5.75 Å². The molecular weight excluding hydrogens is 406 g/mol. The Bertz CT molecular complexity index is 887. The number of para-hydroxylation sites is 1. The van der Waals surface area contributed by atoms with Crippen LogP contribution in [0.5, 0.6) is 5.75 Å². The Balaban J connectivity index is 1.53. The second-order valence-electron chi connectivity index (χ2n) is 6.85. The largest absolute Gasteiger partial charge is 0.490 e. The molecule has 0 unspecified atom stereocenters. The third-order valence-corrected chi connectivity index (χ3v) is 5.73. The van der Waals surface area contributed by atoms with Gasteiger partial charge < -0.3 is 14.8 Å². The fraction of sp³-hybridized carbons (Fsp3) is 0.381. The van der Waals surface area contributed by atoms with E-state index in [1.165, 1.54) is 24.9 Å². The number of nitrogens with zero attached hydrogens (tertiary/aromatic N) is 2. The van der Waals surface area contributed by atoms with E-state index in [1.807, 2.05) is 24.3 Å². The topological polar surface area (TPSA) is 93.9 Å². The number of rotatable bonds is 9. The summed E-state index contributed by atoms with van der Waals surface area (Å²) < 4.78 is 10.4. The van der Waals surface area contributed by atoms with E-state index in [0.717, 1.165) is 49.7 Å². The van der Waals surface area contributed by atoms with Crippen LogP contribution < -0.4 is 10.1 Å². The highest BCUT2D eigenvalue weighted by Crippen LogP contribution is 2.29. The summed E-state index contributed by atoms with van der Waals surface area (Å²) in [5.41, 5.74) is 2.59. The summed E-state index contributed by atoms with van der Waals surface area (Å²) in [5, 5.41) is 14.1. The average Bonchev–Trinajstić information content (AvgIpc) is 2.75. The molecule has 1 fully saturated rings. The maximum atomic E-state index is 12.4. The van der Waals surface area contributed by atoms with Crippen LogP contribution in [0.3, 0.4) is 0 Å². The number of nitrogens with one attached hydrogen (secondary N) is 1. The summed E-state index contributed by atoms with van der Waals surface area (Å²) in [6.45, 7) is 3.99. The van der Waals surface area contributed by atoms with Gasteiger partial charge in [-0.1, -0.05) is 24.3 Å². The molecule has 0 bridgehead atoms. The molecule has 1 aliphatic rings.